The zero-order valence-electron chi connectivity index (χ0n) is 14.6. The fraction of sp³-hybridized carbons (Fsp3) is 0. The number of carbonyl (C=O) groups is 1. The summed E-state index contributed by atoms with van der Waals surface area (Å²) in [4.78, 5) is 17.0. The number of halogens is 1. The minimum absolute atomic E-state index is 0.279. The maximum Gasteiger partial charge on any atom is 0.257 e. The number of hydrogen-bond donors (Lipinski definition) is 1. The second-order valence-corrected chi connectivity index (χ2v) is 6.80. The molecule has 0 aliphatic heterocycles. The van der Waals surface area contributed by atoms with Crippen LogP contribution >= 0.6 is 11.3 Å². The number of anilines is 1. The SMILES string of the molecule is O=C(Nc1nc(-c2ccc(F)cc2)cs1)c1cccc(Oc2ccccc2)c1. The van der Waals surface area contributed by atoms with E-state index in [-0.39, 0.29) is 11.7 Å². The van der Waals surface area contributed by atoms with E-state index < -0.39 is 0 Å². The lowest BCUT2D eigenvalue weighted by atomic mass is 10.2. The Labute approximate surface area is 165 Å². The molecular formula is C22H15FN2O2S. The first kappa shape index (κ1) is 17.9. The van der Waals surface area contributed by atoms with E-state index in [0.717, 1.165) is 5.56 Å². The summed E-state index contributed by atoms with van der Waals surface area (Å²) in [6.45, 7) is 0. The first-order valence-corrected chi connectivity index (χ1v) is 9.41. The zero-order valence-corrected chi connectivity index (χ0v) is 15.4. The minimum atomic E-state index is -0.301. The van der Waals surface area contributed by atoms with E-state index in [1.54, 1.807) is 36.4 Å². The molecule has 138 valence electrons. The number of thiazole rings is 1. The smallest absolute Gasteiger partial charge is 0.257 e. The summed E-state index contributed by atoms with van der Waals surface area (Å²) in [6, 6.07) is 22.4. The van der Waals surface area contributed by atoms with Crippen LogP contribution in [0.3, 0.4) is 0 Å². The molecule has 0 aliphatic carbocycles. The van der Waals surface area contributed by atoms with E-state index in [1.807, 2.05) is 35.7 Å². The van der Waals surface area contributed by atoms with Gasteiger partial charge in [-0.2, -0.15) is 0 Å². The molecule has 0 radical (unpaired) electrons. The summed E-state index contributed by atoms with van der Waals surface area (Å²) in [5, 5.41) is 5.08. The maximum atomic E-state index is 13.1. The van der Waals surface area contributed by atoms with Crippen LogP contribution in [0.25, 0.3) is 11.3 Å². The first-order valence-electron chi connectivity index (χ1n) is 8.53. The Kier molecular flexibility index (Phi) is 5.12. The van der Waals surface area contributed by atoms with Crippen molar-refractivity contribution in [3.63, 3.8) is 0 Å². The van der Waals surface area contributed by atoms with Crippen LogP contribution in [0.1, 0.15) is 10.4 Å². The maximum absolute atomic E-state index is 13.1. The number of amides is 1. The van der Waals surface area contributed by atoms with Gasteiger partial charge in [0.1, 0.15) is 17.3 Å². The second-order valence-electron chi connectivity index (χ2n) is 5.94. The summed E-state index contributed by atoms with van der Waals surface area (Å²) in [5.41, 5.74) is 1.94. The first-order chi connectivity index (χ1) is 13.7. The number of para-hydroxylation sites is 1. The van der Waals surface area contributed by atoms with Crippen molar-refractivity contribution >= 4 is 22.4 Å². The van der Waals surface area contributed by atoms with Crippen LogP contribution in [0.2, 0.25) is 0 Å². The predicted molar refractivity (Wildman–Crippen MR) is 108 cm³/mol. The summed E-state index contributed by atoms with van der Waals surface area (Å²) in [6.07, 6.45) is 0. The van der Waals surface area contributed by atoms with Gasteiger partial charge in [-0.3, -0.25) is 10.1 Å². The van der Waals surface area contributed by atoms with Gasteiger partial charge < -0.3 is 4.74 Å². The molecule has 0 spiro atoms. The monoisotopic (exact) mass is 390 g/mol. The molecule has 6 heteroatoms. The normalized spacial score (nSPS) is 10.5. The van der Waals surface area contributed by atoms with Crippen molar-refractivity contribution in [3.05, 3.63) is 95.6 Å². The molecule has 0 atom stereocenters. The molecule has 1 N–H and O–H groups in total. The molecule has 0 bridgehead atoms. The lowest BCUT2D eigenvalue weighted by molar-refractivity contribution is 0.102. The molecule has 1 aromatic heterocycles. The van der Waals surface area contributed by atoms with Gasteiger partial charge in [-0.1, -0.05) is 24.3 Å². The largest absolute Gasteiger partial charge is 0.457 e. The number of rotatable bonds is 5. The Balaban J connectivity index is 1.47. The van der Waals surface area contributed by atoms with Gasteiger partial charge in [-0.15, -0.1) is 11.3 Å². The third kappa shape index (κ3) is 4.24. The van der Waals surface area contributed by atoms with Crippen LogP contribution in [-0.4, -0.2) is 10.9 Å². The van der Waals surface area contributed by atoms with Crippen molar-refractivity contribution in [3.8, 4) is 22.8 Å². The van der Waals surface area contributed by atoms with Crippen molar-refractivity contribution < 1.29 is 13.9 Å². The van der Waals surface area contributed by atoms with E-state index in [1.165, 1.54) is 23.5 Å². The van der Waals surface area contributed by atoms with Gasteiger partial charge in [0.15, 0.2) is 5.13 Å². The van der Waals surface area contributed by atoms with Gasteiger partial charge in [-0.25, -0.2) is 9.37 Å². The quantitative estimate of drug-likeness (QED) is 0.455. The Morgan fingerprint density at radius 2 is 1.68 bits per heavy atom. The second kappa shape index (κ2) is 8.02. The molecule has 4 aromatic rings. The van der Waals surface area contributed by atoms with Gasteiger partial charge in [0.25, 0.3) is 5.91 Å². The van der Waals surface area contributed by atoms with E-state index in [0.29, 0.717) is 27.9 Å². The fourth-order valence-electron chi connectivity index (χ4n) is 2.58. The Bertz CT molecular complexity index is 1090. The predicted octanol–water partition coefficient (Wildman–Crippen LogP) is 5.99. The molecule has 4 rings (SSSR count). The van der Waals surface area contributed by atoms with E-state index in [2.05, 4.69) is 10.3 Å². The molecule has 0 saturated carbocycles. The molecule has 0 aliphatic rings. The Morgan fingerprint density at radius 1 is 0.929 bits per heavy atom. The van der Waals surface area contributed by atoms with E-state index in [4.69, 9.17) is 4.74 Å². The molecule has 0 saturated heterocycles. The van der Waals surface area contributed by atoms with Crippen LogP contribution in [0, 0.1) is 5.82 Å². The van der Waals surface area contributed by atoms with Crippen LogP contribution in [0.4, 0.5) is 9.52 Å². The Hall–Kier alpha value is -3.51. The van der Waals surface area contributed by atoms with Crippen molar-refractivity contribution in [2.75, 3.05) is 5.32 Å². The van der Waals surface area contributed by atoms with Crippen molar-refractivity contribution in [1.29, 1.82) is 0 Å². The lowest BCUT2D eigenvalue weighted by Gasteiger charge is -2.07. The van der Waals surface area contributed by atoms with Crippen LogP contribution in [0.15, 0.2) is 84.2 Å². The van der Waals surface area contributed by atoms with Crippen molar-refractivity contribution in [2.24, 2.45) is 0 Å². The highest BCUT2D eigenvalue weighted by Gasteiger charge is 2.11. The standard InChI is InChI=1S/C22H15FN2O2S/c23-17-11-9-15(10-12-17)20-14-28-22(24-20)25-21(26)16-5-4-8-19(13-16)27-18-6-2-1-3-7-18/h1-14H,(H,24,25,26). The molecular weight excluding hydrogens is 375 g/mol. The van der Waals surface area contributed by atoms with Crippen LogP contribution < -0.4 is 10.1 Å². The highest BCUT2D eigenvalue weighted by Crippen LogP contribution is 2.26. The van der Waals surface area contributed by atoms with E-state index in [9.17, 15) is 9.18 Å². The Morgan fingerprint density at radius 3 is 2.46 bits per heavy atom. The van der Waals surface area contributed by atoms with Gasteiger partial charge >= 0.3 is 0 Å². The molecule has 3 aromatic carbocycles. The highest BCUT2D eigenvalue weighted by atomic mass is 32.1. The molecule has 4 nitrogen and oxygen atoms in total. The molecule has 1 amide bonds. The molecule has 1 heterocycles. The molecule has 28 heavy (non-hydrogen) atoms. The van der Waals surface area contributed by atoms with Crippen molar-refractivity contribution in [1.82, 2.24) is 4.98 Å². The van der Waals surface area contributed by atoms with Gasteiger partial charge in [0, 0.05) is 16.5 Å². The third-order valence-electron chi connectivity index (χ3n) is 3.94. The summed E-state index contributed by atoms with van der Waals surface area (Å²) >= 11 is 1.31. The number of hydrogen-bond acceptors (Lipinski definition) is 4. The number of aromatic nitrogens is 1. The summed E-state index contributed by atoms with van der Waals surface area (Å²) in [7, 11) is 0. The summed E-state index contributed by atoms with van der Waals surface area (Å²) in [5.74, 6) is 0.692. The number of ether oxygens (including phenoxy) is 1. The summed E-state index contributed by atoms with van der Waals surface area (Å²) < 4.78 is 18.8. The van der Waals surface area contributed by atoms with Crippen LogP contribution in [-0.2, 0) is 0 Å². The van der Waals surface area contributed by atoms with Gasteiger partial charge in [0.05, 0.1) is 5.69 Å². The number of nitrogens with zero attached hydrogens (tertiary/aromatic N) is 1. The molecule has 0 unspecified atom stereocenters. The topological polar surface area (TPSA) is 51.2 Å². The third-order valence-corrected chi connectivity index (χ3v) is 4.70. The highest BCUT2D eigenvalue weighted by molar-refractivity contribution is 7.14. The number of nitrogens with one attached hydrogen (secondary N) is 1. The molecule has 0 fully saturated rings. The lowest BCUT2D eigenvalue weighted by Crippen LogP contribution is -2.11. The average Bonchev–Trinajstić information content (AvgIpc) is 3.18. The van der Waals surface area contributed by atoms with Crippen molar-refractivity contribution in [2.45, 2.75) is 0 Å². The number of benzene rings is 3. The van der Waals surface area contributed by atoms with Gasteiger partial charge in [0.2, 0.25) is 0 Å². The van der Waals surface area contributed by atoms with Gasteiger partial charge in [-0.05, 0) is 54.6 Å². The zero-order chi connectivity index (χ0) is 19.3. The minimum Gasteiger partial charge on any atom is -0.457 e. The van der Waals surface area contributed by atoms with Crippen LogP contribution in [0.5, 0.6) is 11.5 Å². The van der Waals surface area contributed by atoms with E-state index >= 15 is 0 Å². The fourth-order valence-corrected chi connectivity index (χ4v) is 3.29. The average molecular weight is 390 g/mol. The number of carbonyl (C=O) groups excluding carboxylic acids is 1.